The van der Waals surface area contributed by atoms with Crippen LogP contribution < -0.4 is 10.6 Å². The molecule has 5 nitrogen and oxygen atoms in total. The minimum absolute atomic E-state index is 0.226. The van der Waals surface area contributed by atoms with Crippen molar-refractivity contribution < 1.29 is 9.59 Å². The topological polar surface area (TPSA) is 71.1 Å². The molecule has 146 valence electrons. The molecule has 2 amide bonds. The van der Waals surface area contributed by atoms with Crippen molar-refractivity contribution in [3.05, 3.63) is 70.6 Å². The minimum Gasteiger partial charge on any atom is -0.350 e. The highest BCUT2D eigenvalue weighted by atomic mass is 16.2. The van der Waals surface area contributed by atoms with E-state index >= 15 is 0 Å². The zero-order chi connectivity index (χ0) is 19.9. The van der Waals surface area contributed by atoms with E-state index in [0.717, 1.165) is 36.1 Å². The quantitative estimate of drug-likeness (QED) is 0.724. The van der Waals surface area contributed by atoms with E-state index in [2.05, 4.69) is 21.7 Å². The summed E-state index contributed by atoms with van der Waals surface area (Å²) in [5.41, 5.74) is 4.77. The van der Waals surface area contributed by atoms with Crippen LogP contribution in [0.2, 0.25) is 0 Å². The Balaban J connectivity index is 1.61. The number of anilines is 1. The number of nitrogens with one attached hydrogen (secondary N) is 2. The van der Waals surface area contributed by atoms with Crippen molar-refractivity contribution >= 4 is 17.5 Å². The molecule has 0 aliphatic heterocycles. The number of allylic oxidation sites excluding steroid dienone is 1. The summed E-state index contributed by atoms with van der Waals surface area (Å²) in [6.45, 7) is 4.55. The molecule has 1 aromatic carbocycles. The van der Waals surface area contributed by atoms with Gasteiger partial charge in [-0.05, 0) is 75.3 Å². The van der Waals surface area contributed by atoms with Gasteiger partial charge in [0.05, 0.1) is 0 Å². The fourth-order valence-corrected chi connectivity index (χ4v) is 3.32. The molecule has 0 saturated carbocycles. The fraction of sp³-hybridized carbons (Fsp3) is 0.348. The van der Waals surface area contributed by atoms with Gasteiger partial charge in [0.25, 0.3) is 11.8 Å². The van der Waals surface area contributed by atoms with Crippen LogP contribution in [0.4, 0.5) is 5.69 Å². The first-order valence-corrected chi connectivity index (χ1v) is 9.85. The molecule has 0 bridgehead atoms. The maximum absolute atomic E-state index is 12.6. The van der Waals surface area contributed by atoms with Crippen molar-refractivity contribution in [2.24, 2.45) is 0 Å². The van der Waals surface area contributed by atoms with Gasteiger partial charge in [0, 0.05) is 12.2 Å². The van der Waals surface area contributed by atoms with Crippen molar-refractivity contribution in [1.29, 1.82) is 0 Å². The maximum atomic E-state index is 12.6. The Kier molecular flexibility index (Phi) is 6.58. The van der Waals surface area contributed by atoms with Gasteiger partial charge < -0.3 is 10.6 Å². The summed E-state index contributed by atoms with van der Waals surface area (Å²) < 4.78 is 0. The monoisotopic (exact) mass is 377 g/mol. The molecule has 2 aromatic rings. The first kappa shape index (κ1) is 19.8. The van der Waals surface area contributed by atoms with E-state index in [4.69, 9.17) is 0 Å². The molecule has 1 aliphatic carbocycles. The largest absolute Gasteiger partial charge is 0.350 e. The van der Waals surface area contributed by atoms with Crippen LogP contribution in [0.1, 0.15) is 64.2 Å². The molecule has 0 atom stereocenters. The predicted octanol–water partition coefficient (Wildman–Crippen LogP) is 4.57. The summed E-state index contributed by atoms with van der Waals surface area (Å²) in [5, 5.41) is 5.78. The van der Waals surface area contributed by atoms with Crippen LogP contribution in [-0.4, -0.2) is 23.3 Å². The maximum Gasteiger partial charge on any atom is 0.274 e. The number of aromatic nitrogens is 1. The van der Waals surface area contributed by atoms with Crippen LogP contribution in [-0.2, 0) is 0 Å². The van der Waals surface area contributed by atoms with Crippen molar-refractivity contribution in [1.82, 2.24) is 10.3 Å². The molecule has 0 unspecified atom stereocenters. The summed E-state index contributed by atoms with van der Waals surface area (Å²) in [4.78, 5) is 29.2. The molecule has 0 radical (unpaired) electrons. The zero-order valence-corrected chi connectivity index (χ0v) is 16.5. The second-order valence-electron chi connectivity index (χ2n) is 7.22. The molecule has 1 aliphatic rings. The van der Waals surface area contributed by atoms with Crippen LogP contribution in [0.15, 0.2) is 48.0 Å². The highest BCUT2D eigenvalue weighted by Gasteiger charge is 2.14. The lowest BCUT2D eigenvalue weighted by Crippen LogP contribution is -2.26. The average Bonchev–Trinajstić information content (AvgIpc) is 2.72. The van der Waals surface area contributed by atoms with Gasteiger partial charge >= 0.3 is 0 Å². The third-order valence-electron chi connectivity index (χ3n) is 5.18. The Morgan fingerprint density at radius 3 is 2.50 bits per heavy atom. The van der Waals surface area contributed by atoms with E-state index in [9.17, 15) is 9.59 Å². The van der Waals surface area contributed by atoms with Crippen molar-refractivity contribution in [3.63, 3.8) is 0 Å². The molecular formula is C23H27N3O2. The third kappa shape index (κ3) is 5.06. The van der Waals surface area contributed by atoms with Crippen LogP contribution in [0, 0.1) is 13.8 Å². The number of hydrogen-bond donors (Lipinski definition) is 2. The lowest BCUT2D eigenvalue weighted by molar-refractivity contribution is 0.0949. The minimum atomic E-state index is -0.323. The number of pyridine rings is 1. The number of nitrogens with zero attached hydrogens (tertiary/aromatic N) is 1. The van der Waals surface area contributed by atoms with Gasteiger partial charge in [-0.15, -0.1) is 0 Å². The molecule has 3 rings (SSSR count). The number of hydrogen-bond acceptors (Lipinski definition) is 3. The Hall–Kier alpha value is -2.95. The Morgan fingerprint density at radius 2 is 1.75 bits per heavy atom. The molecule has 5 heteroatoms. The second kappa shape index (κ2) is 9.31. The molecular weight excluding hydrogens is 350 g/mol. The Morgan fingerprint density at radius 1 is 1.00 bits per heavy atom. The summed E-state index contributed by atoms with van der Waals surface area (Å²) in [5.74, 6) is -0.575. The van der Waals surface area contributed by atoms with E-state index in [0.29, 0.717) is 6.54 Å². The average molecular weight is 377 g/mol. The van der Waals surface area contributed by atoms with Crippen LogP contribution in [0.3, 0.4) is 0 Å². The lowest BCUT2D eigenvalue weighted by Gasteiger charge is -2.13. The van der Waals surface area contributed by atoms with Crippen molar-refractivity contribution in [2.45, 2.75) is 46.0 Å². The third-order valence-corrected chi connectivity index (χ3v) is 5.18. The van der Waals surface area contributed by atoms with Crippen LogP contribution >= 0.6 is 0 Å². The molecule has 2 N–H and O–H groups in total. The fourth-order valence-electron chi connectivity index (χ4n) is 3.32. The summed E-state index contributed by atoms with van der Waals surface area (Å²) in [6.07, 6.45) is 7.92. The smallest absolute Gasteiger partial charge is 0.274 e. The van der Waals surface area contributed by atoms with Gasteiger partial charge in [0.1, 0.15) is 11.4 Å². The lowest BCUT2D eigenvalue weighted by atomic mass is 9.97. The summed E-state index contributed by atoms with van der Waals surface area (Å²) in [6, 6.07) is 10.7. The van der Waals surface area contributed by atoms with Crippen LogP contribution in [0.5, 0.6) is 0 Å². The van der Waals surface area contributed by atoms with E-state index in [1.54, 1.807) is 18.2 Å². The van der Waals surface area contributed by atoms with Crippen molar-refractivity contribution in [2.75, 3.05) is 11.9 Å². The summed E-state index contributed by atoms with van der Waals surface area (Å²) >= 11 is 0. The number of amides is 2. The molecule has 1 heterocycles. The van der Waals surface area contributed by atoms with Gasteiger partial charge in [-0.25, -0.2) is 4.98 Å². The predicted molar refractivity (Wildman–Crippen MR) is 112 cm³/mol. The Labute approximate surface area is 166 Å². The number of carbonyl (C=O) groups is 2. The normalized spacial score (nSPS) is 13.6. The van der Waals surface area contributed by atoms with Gasteiger partial charge in [0.15, 0.2) is 0 Å². The highest BCUT2D eigenvalue weighted by Crippen LogP contribution is 2.20. The Bertz CT molecular complexity index is 902. The first-order chi connectivity index (χ1) is 13.5. The number of benzene rings is 1. The van der Waals surface area contributed by atoms with E-state index in [1.807, 2.05) is 32.0 Å². The van der Waals surface area contributed by atoms with E-state index in [1.165, 1.54) is 18.4 Å². The first-order valence-electron chi connectivity index (χ1n) is 9.85. The number of aryl methyl sites for hydroxylation is 1. The molecule has 0 spiro atoms. The van der Waals surface area contributed by atoms with Gasteiger partial charge in [0.2, 0.25) is 0 Å². The molecule has 0 saturated heterocycles. The summed E-state index contributed by atoms with van der Waals surface area (Å²) in [7, 11) is 0. The second-order valence-corrected chi connectivity index (χ2v) is 7.22. The van der Waals surface area contributed by atoms with E-state index in [-0.39, 0.29) is 23.2 Å². The van der Waals surface area contributed by atoms with Gasteiger partial charge in [-0.3, -0.25) is 9.59 Å². The van der Waals surface area contributed by atoms with E-state index < -0.39 is 0 Å². The highest BCUT2D eigenvalue weighted by molar-refractivity contribution is 6.04. The molecule has 1 aromatic heterocycles. The standard InChI is InChI=1S/C23H27N3O2/c1-16-8-6-11-19(17(16)2)26-23(28)21-13-7-12-20(25-21)22(27)24-15-14-18-9-4-3-5-10-18/h6-9,11-13H,3-5,10,14-15H2,1-2H3,(H,24,27)(H,26,28). The van der Waals surface area contributed by atoms with Crippen molar-refractivity contribution in [3.8, 4) is 0 Å². The number of rotatable bonds is 6. The molecule has 0 fully saturated rings. The van der Waals surface area contributed by atoms with Crippen LogP contribution in [0.25, 0.3) is 0 Å². The van der Waals surface area contributed by atoms with Gasteiger partial charge in [-0.1, -0.05) is 29.8 Å². The SMILES string of the molecule is Cc1cccc(NC(=O)c2cccc(C(=O)NCCC3=CCCCC3)n2)c1C. The van der Waals surface area contributed by atoms with Gasteiger partial charge in [-0.2, -0.15) is 0 Å². The number of carbonyl (C=O) groups excluding carboxylic acids is 2. The zero-order valence-electron chi connectivity index (χ0n) is 16.5. The molecule has 28 heavy (non-hydrogen) atoms.